The first-order chi connectivity index (χ1) is 9.23. The van der Waals surface area contributed by atoms with Crippen LogP contribution in [-0.4, -0.2) is 48.0 Å². The Morgan fingerprint density at radius 2 is 2.00 bits per heavy atom. The van der Waals surface area contributed by atoms with Gasteiger partial charge in [-0.25, -0.2) is 4.79 Å². The van der Waals surface area contributed by atoms with Crippen LogP contribution in [0.25, 0.3) is 0 Å². The van der Waals surface area contributed by atoms with Crippen LogP contribution in [0.15, 0.2) is 11.6 Å². The summed E-state index contributed by atoms with van der Waals surface area (Å²) < 4.78 is 9.99. The Kier molecular flexibility index (Phi) is 5.30. The van der Waals surface area contributed by atoms with Gasteiger partial charge in [-0.05, 0) is 27.7 Å². The molecule has 1 heterocycles. The molecule has 20 heavy (non-hydrogen) atoms. The molecule has 0 fully saturated rings. The minimum atomic E-state index is -0.602. The molecule has 6 heteroatoms. The quantitative estimate of drug-likeness (QED) is 0.737. The molecule has 0 aliphatic carbocycles. The van der Waals surface area contributed by atoms with Crippen molar-refractivity contribution in [1.29, 1.82) is 0 Å². The first kappa shape index (κ1) is 16.2. The smallest absolute Gasteiger partial charge is 0.410 e. The van der Waals surface area contributed by atoms with E-state index in [4.69, 9.17) is 9.47 Å². The number of carbonyl (C=O) groups excluding carboxylic acids is 3. The van der Waals surface area contributed by atoms with Crippen molar-refractivity contribution >= 4 is 17.8 Å². The fourth-order valence-electron chi connectivity index (χ4n) is 1.68. The molecule has 6 nitrogen and oxygen atoms in total. The van der Waals surface area contributed by atoms with Gasteiger partial charge >= 0.3 is 12.1 Å². The number of carbonyl (C=O) groups is 3. The molecule has 1 aliphatic rings. The minimum Gasteiger partial charge on any atom is -0.466 e. The highest BCUT2D eigenvalue weighted by atomic mass is 16.6. The summed E-state index contributed by atoms with van der Waals surface area (Å²) in [5.74, 6) is -0.687. The predicted molar refractivity (Wildman–Crippen MR) is 72.1 cm³/mol. The first-order valence-corrected chi connectivity index (χ1v) is 6.58. The second-order valence-corrected chi connectivity index (χ2v) is 5.50. The Labute approximate surface area is 118 Å². The maximum atomic E-state index is 11.9. The summed E-state index contributed by atoms with van der Waals surface area (Å²) in [7, 11) is 0. The topological polar surface area (TPSA) is 72.9 Å². The summed E-state index contributed by atoms with van der Waals surface area (Å²) in [6.07, 6.45) is 0.999. The standard InChI is InChI=1S/C14H21NO5/c1-5-19-12(17)8-10-6-7-15(9-11(10)16)13(18)20-14(2,3)4/h6H,5,7-9H2,1-4H3. The van der Waals surface area contributed by atoms with Crippen molar-refractivity contribution in [3.05, 3.63) is 11.6 Å². The van der Waals surface area contributed by atoms with Gasteiger partial charge in [0.25, 0.3) is 0 Å². The van der Waals surface area contributed by atoms with Crippen LogP contribution in [0, 0.1) is 0 Å². The van der Waals surface area contributed by atoms with E-state index in [1.165, 1.54) is 4.90 Å². The highest BCUT2D eigenvalue weighted by Crippen LogP contribution is 2.15. The predicted octanol–water partition coefficient (Wildman–Crippen LogP) is 1.69. The van der Waals surface area contributed by atoms with Gasteiger partial charge in [-0.3, -0.25) is 14.5 Å². The number of rotatable bonds is 3. The lowest BCUT2D eigenvalue weighted by Gasteiger charge is -2.28. The molecule has 0 aromatic carbocycles. The molecule has 0 aromatic heterocycles. The van der Waals surface area contributed by atoms with E-state index < -0.39 is 17.7 Å². The SMILES string of the molecule is CCOC(=O)CC1=CCN(C(=O)OC(C)(C)C)CC1=O. The highest BCUT2D eigenvalue weighted by molar-refractivity contribution is 6.02. The lowest BCUT2D eigenvalue weighted by molar-refractivity contribution is -0.142. The van der Waals surface area contributed by atoms with Crippen LogP contribution in [0.1, 0.15) is 34.1 Å². The van der Waals surface area contributed by atoms with Crippen molar-refractivity contribution in [2.45, 2.75) is 39.7 Å². The second kappa shape index (κ2) is 6.54. The maximum absolute atomic E-state index is 11.9. The molecule has 0 unspecified atom stereocenters. The first-order valence-electron chi connectivity index (χ1n) is 6.58. The normalized spacial score (nSPS) is 15.7. The molecule has 112 valence electrons. The van der Waals surface area contributed by atoms with Crippen LogP contribution in [0.5, 0.6) is 0 Å². The van der Waals surface area contributed by atoms with Gasteiger partial charge in [0.15, 0.2) is 5.78 Å². The molecule has 0 radical (unpaired) electrons. The van der Waals surface area contributed by atoms with Crippen molar-refractivity contribution in [3.63, 3.8) is 0 Å². The Bertz CT molecular complexity index is 433. The Balaban J connectivity index is 2.61. The average Bonchev–Trinajstić information content (AvgIpc) is 2.29. The van der Waals surface area contributed by atoms with Crippen molar-refractivity contribution in [1.82, 2.24) is 4.90 Å². The monoisotopic (exact) mass is 283 g/mol. The largest absolute Gasteiger partial charge is 0.466 e. The second-order valence-electron chi connectivity index (χ2n) is 5.50. The van der Waals surface area contributed by atoms with E-state index in [0.29, 0.717) is 5.57 Å². The molecular weight excluding hydrogens is 262 g/mol. The molecule has 1 rings (SSSR count). The van der Waals surface area contributed by atoms with Gasteiger partial charge in [0, 0.05) is 12.1 Å². The fraction of sp³-hybridized carbons (Fsp3) is 0.643. The number of esters is 1. The molecule has 1 aliphatic heterocycles. The number of ether oxygens (including phenoxy) is 2. The molecule has 0 spiro atoms. The van der Waals surface area contributed by atoms with E-state index in [9.17, 15) is 14.4 Å². The molecule has 0 aromatic rings. The van der Waals surface area contributed by atoms with Crippen LogP contribution in [0.3, 0.4) is 0 Å². The van der Waals surface area contributed by atoms with Gasteiger partial charge in [0.1, 0.15) is 5.60 Å². The van der Waals surface area contributed by atoms with Gasteiger partial charge in [-0.2, -0.15) is 0 Å². The Morgan fingerprint density at radius 1 is 1.35 bits per heavy atom. The summed E-state index contributed by atoms with van der Waals surface area (Å²) in [5, 5.41) is 0. The number of hydrogen-bond acceptors (Lipinski definition) is 5. The van der Waals surface area contributed by atoms with Crippen LogP contribution >= 0.6 is 0 Å². The fourth-order valence-corrected chi connectivity index (χ4v) is 1.68. The lowest BCUT2D eigenvalue weighted by Crippen LogP contribution is -2.42. The van der Waals surface area contributed by atoms with Gasteiger partial charge in [-0.1, -0.05) is 6.08 Å². The van der Waals surface area contributed by atoms with Crippen molar-refractivity contribution in [2.75, 3.05) is 19.7 Å². The van der Waals surface area contributed by atoms with Crippen LogP contribution in [0.2, 0.25) is 0 Å². The summed E-state index contributed by atoms with van der Waals surface area (Å²) in [6, 6.07) is 0. The Hall–Kier alpha value is -1.85. The molecule has 0 saturated carbocycles. The number of hydrogen-bond donors (Lipinski definition) is 0. The number of Topliss-reactive ketones (excluding diaryl/α,β-unsaturated/α-hetero) is 1. The summed E-state index contributed by atoms with van der Waals surface area (Å²) in [4.78, 5) is 36.4. The van der Waals surface area contributed by atoms with Gasteiger partial charge in [-0.15, -0.1) is 0 Å². The van der Waals surface area contributed by atoms with E-state index in [1.807, 2.05) is 0 Å². The summed E-state index contributed by atoms with van der Waals surface area (Å²) in [6.45, 7) is 7.47. The third kappa shape index (κ3) is 5.03. The Morgan fingerprint density at radius 3 is 2.50 bits per heavy atom. The number of ketones is 1. The lowest BCUT2D eigenvalue weighted by atomic mass is 10.0. The molecule has 1 amide bonds. The van der Waals surface area contributed by atoms with Crippen LogP contribution in [0.4, 0.5) is 4.79 Å². The molecule has 0 N–H and O–H groups in total. The van der Waals surface area contributed by atoms with E-state index in [0.717, 1.165) is 0 Å². The average molecular weight is 283 g/mol. The molecule has 0 atom stereocenters. The molecular formula is C14H21NO5. The van der Waals surface area contributed by atoms with E-state index in [2.05, 4.69) is 0 Å². The number of nitrogens with zero attached hydrogens (tertiary/aromatic N) is 1. The van der Waals surface area contributed by atoms with Crippen molar-refractivity contribution in [3.8, 4) is 0 Å². The van der Waals surface area contributed by atoms with Gasteiger partial charge in [0.05, 0.1) is 19.6 Å². The zero-order valence-electron chi connectivity index (χ0n) is 12.4. The zero-order valence-corrected chi connectivity index (χ0v) is 12.4. The van der Waals surface area contributed by atoms with Crippen LogP contribution in [-0.2, 0) is 19.1 Å². The van der Waals surface area contributed by atoms with Gasteiger partial charge < -0.3 is 9.47 Å². The zero-order chi connectivity index (χ0) is 15.3. The van der Waals surface area contributed by atoms with Crippen molar-refractivity contribution in [2.24, 2.45) is 0 Å². The number of amides is 1. The maximum Gasteiger partial charge on any atom is 0.410 e. The van der Waals surface area contributed by atoms with E-state index >= 15 is 0 Å². The van der Waals surface area contributed by atoms with E-state index in [1.54, 1.807) is 33.8 Å². The summed E-state index contributed by atoms with van der Waals surface area (Å²) in [5.41, 5.74) is -0.210. The molecule has 0 saturated heterocycles. The van der Waals surface area contributed by atoms with Crippen LogP contribution < -0.4 is 0 Å². The summed E-state index contributed by atoms with van der Waals surface area (Å²) >= 11 is 0. The highest BCUT2D eigenvalue weighted by Gasteiger charge is 2.28. The van der Waals surface area contributed by atoms with E-state index in [-0.39, 0.29) is 31.9 Å². The third-order valence-corrected chi connectivity index (χ3v) is 2.54. The third-order valence-electron chi connectivity index (χ3n) is 2.54. The molecule has 0 bridgehead atoms. The van der Waals surface area contributed by atoms with Crippen molar-refractivity contribution < 1.29 is 23.9 Å². The minimum absolute atomic E-state index is 0.0468. The van der Waals surface area contributed by atoms with Gasteiger partial charge in [0.2, 0.25) is 0 Å².